The highest BCUT2D eigenvalue weighted by Crippen LogP contribution is 2.25. The minimum atomic E-state index is -1.22. The van der Waals surface area contributed by atoms with Gasteiger partial charge in [-0.05, 0) is 18.0 Å². The highest BCUT2D eigenvalue weighted by atomic mass is 28.4. The monoisotopic (exact) mass is 279 g/mol. The molecule has 0 aliphatic heterocycles. The van der Waals surface area contributed by atoms with Gasteiger partial charge in [-0.3, -0.25) is 0 Å². The Kier molecular flexibility index (Phi) is 4.98. The molecule has 0 aliphatic carbocycles. The van der Waals surface area contributed by atoms with Crippen molar-refractivity contribution in [3.63, 3.8) is 0 Å². The van der Waals surface area contributed by atoms with Crippen molar-refractivity contribution in [3.8, 4) is 0 Å². The zero-order valence-electron chi connectivity index (χ0n) is 13.1. The summed E-state index contributed by atoms with van der Waals surface area (Å²) in [5, 5.41) is 0. The van der Waals surface area contributed by atoms with Gasteiger partial charge >= 0.3 is 0 Å². The molecular weight excluding hydrogens is 250 g/mol. The fraction of sp³-hybridized carbons (Fsp3) is 0.600. The molecule has 102 valence electrons. The fourth-order valence-corrected chi connectivity index (χ4v) is 12.4. The maximum atomic E-state index is 2.87. The summed E-state index contributed by atoms with van der Waals surface area (Å²) in [5.41, 5.74) is 1.47. The van der Waals surface area contributed by atoms with Crippen molar-refractivity contribution in [1.82, 2.24) is 4.23 Å². The first kappa shape index (κ1) is 15.7. The molecule has 1 aromatic rings. The summed E-state index contributed by atoms with van der Waals surface area (Å²) >= 11 is 0. The van der Waals surface area contributed by atoms with Gasteiger partial charge in [0.15, 0.2) is 0 Å². The number of hydrogen-bond donors (Lipinski definition) is 0. The highest BCUT2D eigenvalue weighted by Gasteiger charge is 2.35. The Bertz CT molecular complexity index is 348. The molecule has 0 heterocycles. The number of nitrogens with zero attached hydrogens (tertiary/aromatic N) is 1. The van der Waals surface area contributed by atoms with E-state index in [2.05, 4.69) is 80.8 Å². The van der Waals surface area contributed by atoms with Crippen LogP contribution in [0.5, 0.6) is 0 Å². The largest absolute Gasteiger partial charge is 0.345 e. The Hall–Kier alpha value is -0.386. The van der Waals surface area contributed by atoms with E-state index >= 15 is 0 Å². The maximum absolute atomic E-state index is 2.87. The first-order valence-electron chi connectivity index (χ1n) is 6.95. The lowest BCUT2D eigenvalue weighted by atomic mass is 10.0. The van der Waals surface area contributed by atoms with Crippen LogP contribution in [-0.4, -0.2) is 27.2 Å². The zero-order valence-corrected chi connectivity index (χ0v) is 15.1. The average molecular weight is 280 g/mol. The van der Waals surface area contributed by atoms with Crippen molar-refractivity contribution < 1.29 is 0 Å². The first-order valence-corrected chi connectivity index (χ1v) is 13.8. The van der Waals surface area contributed by atoms with Gasteiger partial charge in [0.25, 0.3) is 0 Å². The van der Waals surface area contributed by atoms with Gasteiger partial charge in [0.1, 0.15) is 16.5 Å². The van der Waals surface area contributed by atoms with Crippen LogP contribution in [0.15, 0.2) is 30.3 Å². The van der Waals surface area contributed by atoms with E-state index in [-0.39, 0.29) is 0 Å². The van der Waals surface area contributed by atoms with E-state index in [1.807, 2.05) is 0 Å². The second-order valence-corrected chi connectivity index (χ2v) is 17.5. The van der Waals surface area contributed by atoms with Gasteiger partial charge in [0, 0.05) is 0 Å². The molecule has 1 aromatic carbocycles. The molecule has 0 bridgehead atoms. The molecule has 1 nitrogen and oxygen atoms in total. The number of benzene rings is 1. The Morgan fingerprint density at radius 3 is 1.72 bits per heavy atom. The predicted molar refractivity (Wildman–Crippen MR) is 88.3 cm³/mol. The number of rotatable bonds is 5. The Morgan fingerprint density at radius 1 is 0.889 bits per heavy atom. The Balaban J connectivity index is 2.86. The van der Waals surface area contributed by atoms with Gasteiger partial charge in [-0.2, -0.15) is 0 Å². The van der Waals surface area contributed by atoms with E-state index < -0.39 is 16.5 Å². The lowest BCUT2D eigenvalue weighted by Crippen LogP contribution is -2.59. The second-order valence-electron chi connectivity index (χ2n) is 7.26. The van der Waals surface area contributed by atoms with Crippen LogP contribution in [0.2, 0.25) is 39.3 Å². The maximum Gasteiger partial charge on any atom is 0.112 e. The van der Waals surface area contributed by atoms with Crippen LogP contribution in [-0.2, 0) is 0 Å². The summed E-state index contributed by atoms with van der Waals surface area (Å²) in [6.45, 7) is 18.4. The minimum Gasteiger partial charge on any atom is -0.345 e. The molecule has 1 unspecified atom stereocenters. The molecule has 0 saturated heterocycles. The molecule has 0 radical (unpaired) electrons. The van der Waals surface area contributed by atoms with E-state index in [1.54, 1.807) is 0 Å². The summed E-state index contributed by atoms with van der Waals surface area (Å²) in [7, 11) is -2.45. The molecule has 1 atom stereocenters. The Morgan fingerprint density at radius 2 is 1.33 bits per heavy atom. The third kappa shape index (κ3) is 4.37. The zero-order chi connectivity index (χ0) is 14.0. The third-order valence-corrected chi connectivity index (χ3v) is 11.1. The van der Waals surface area contributed by atoms with E-state index in [0.29, 0.717) is 5.92 Å². The normalized spacial score (nSPS) is 14.9. The molecule has 0 aromatic heterocycles. The SMILES string of the molecule is CC(CN([Si](C)(C)C)[Si](C)(C)C)c1ccccc1. The average Bonchev–Trinajstić information content (AvgIpc) is 2.23. The van der Waals surface area contributed by atoms with Crippen LogP contribution in [0, 0.1) is 0 Å². The van der Waals surface area contributed by atoms with Gasteiger partial charge in [-0.15, -0.1) is 0 Å². The van der Waals surface area contributed by atoms with Crippen molar-refractivity contribution in [1.29, 1.82) is 0 Å². The van der Waals surface area contributed by atoms with Gasteiger partial charge in [0.05, 0.1) is 0 Å². The molecule has 0 fully saturated rings. The quantitative estimate of drug-likeness (QED) is 0.702. The van der Waals surface area contributed by atoms with E-state index in [1.165, 1.54) is 12.1 Å². The summed E-state index contributed by atoms with van der Waals surface area (Å²) in [6, 6.07) is 10.9. The van der Waals surface area contributed by atoms with E-state index in [9.17, 15) is 0 Å². The lowest BCUT2D eigenvalue weighted by molar-refractivity contribution is 0.549. The molecule has 3 heteroatoms. The van der Waals surface area contributed by atoms with Crippen molar-refractivity contribution in [2.45, 2.75) is 52.1 Å². The van der Waals surface area contributed by atoms with Crippen LogP contribution in [0.1, 0.15) is 18.4 Å². The Labute approximate surface area is 115 Å². The molecule has 0 amide bonds. The van der Waals surface area contributed by atoms with Crippen LogP contribution >= 0.6 is 0 Å². The summed E-state index contributed by atoms with van der Waals surface area (Å²) in [6.07, 6.45) is 0. The standard InChI is InChI=1S/C15H29NSi2/c1-14(15-11-9-8-10-12-15)13-16(17(2,3)4)18(5,6)7/h8-12,14H,13H2,1-7H3. The van der Waals surface area contributed by atoms with E-state index in [4.69, 9.17) is 0 Å². The lowest BCUT2D eigenvalue weighted by Gasteiger charge is -2.45. The summed E-state index contributed by atoms with van der Waals surface area (Å²) in [5.74, 6) is 0.629. The summed E-state index contributed by atoms with van der Waals surface area (Å²) in [4.78, 5) is 0. The molecule has 0 spiro atoms. The molecule has 0 saturated carbocycles. The topological polar surface area (TPSA) is 3.24 Å². The van der Waals surface area contributed by atoms with Gasteiger partial charge in [-0.25, -0.2) is 0 Å². The third-order valence-electron chi connectivity index (χ3n) is 3.44. The van der Waals surface area contributed by atoms with Gasteiger partial charge in [0.2, 0.25) is 0 Å². The first-order chi connectivity index (χ1) is 8.12. The molecule has 1 rings (SSSR count). The molecule has 18 heavy (non-hydrogen) atoms. The van der Waals surface area contributed by atoms with Crippen LogP contribution in [0.4, 0.5) is 0 Å². The van der Waals surface area contributed by atoms with E-state index in [0.717, 1.165) is 0 Å². The fourth-order valence-electron chi connectivity index (χ4n) is 2.71. The molecule has 0 N–H and O–H groups in total. The van der Waals surface area contributed by atoms with Crippen LogP contribution in [0.3, 0.4) is 0 Å². The smallest absolute Gasteiger partial charge is 0.112 e. The number of hydrogen-bond acceptors (Lipinski definition) is 1. The van der Waals surface area contributed by atoms with Crippen molar-refractivity contribution >= 4 is 16.5 Å². The molecule has 0 aliphatic rings. The van der Waals surface area contributed by atoms with Crippen molar-refractivity contribution in [2.75, 3.05) is 6.54 Å². The van der Waals surface area contributed by atoms with Gasteiger partial charge in [-0.1, -0.05) is 76.5 Å². The van der Waals surface area contributed by atoms with Crippen LogP contribution in [0.25, 0.3) is 0 Å². The predicted octanol–water partition coefficient (Wildman–Crippen LogP) is 4.76. The minimum absolute atomic E-state index is 0.629. The van der Waals surface area contributed by atoms with Crippen LogP contribution < -0.4 is 0 Å². The van der Waals surface area contributed by atoms with Crippen molar-refractivity contribution in [2.24, 2.45) is 0 Å². The van der Waals surface area contributed by atoms with Crippen molar-refractivity contribution in [3.05, 3.63) is 35.9 Å². The molecular formula is C15H29NSi2. The van der Waals surface area contributed by atoms with Gasteiger partial charge < -0.3 is 4.23 Å². The summed E-state index contributed by atoms with van der Waals surface area (Å²) < 4.78 is 2.87. The highest BCUT2D eigenvalue weighted by molar-refractivity contribution is 6.89. The second kappa shape index (κ2) is 5.72.